The van der Waals surface area contributed by atoms with Gasteiger partial charge in [0.05, 0.1) is 24.4 Å². The van der Waals surface area contributed by atoms with Crippen molar-refractivity contribution in [2.45, 2.75) is 18.7 Å². The summed E-state index contributed by atoms with van der Waals surface area (Å²) < 4.78 is 11.5. The predicted molar refractivity (Wildman–Crippen MR) is 117 cm³/mol. The van der Waals surface area contributed by atoms with Crippen LogP contribution in [0.4, 0.5) is 0 Å². The lowest BCUT2D eigenvalue weighted by Crippen LogP contribution is -2.33. The Labute approximate surface area is 184 Å². The first kappa shape index (κ1) is 19.1. The van der Waals surface area contributed by atoms with E-state index in [4.69, 9.17) is 37.8 Å². The van der Waals surface area contributed by atoms with E-state index in [9.17, 15) is 5.11 Å². The van der Waals surface area contributed by atoms with Crippen LogP contribution in [-0.4, -0.2) is 22.9 Å². The number of aromatic hydroxyl groups is 1. The van der Waals surface area contributed by atoms with Crippen LogP contribution >= 0.6 is 23.2 Å². The number of nitrogens with zero attached hydrogens (tertiary/aromatic N) is 2. The molecule has 3 aromatic rings. The highest BCUT2D eigenvalue weighted by Gasteiger charge is 2.42. The van der Waals surface area contributed by atoms with Crippen molar-refractivity contribution in [3.8, 4) is 17.2 Å². The van der Waals surface area contributed by atoms with Gasteiger partial charge < -0.3 is 14.6 Å². The second-order valence-electron chi connectivity index (χ2n) is 7.23. The molecular formula is C23H18Cl2N2O3. The fourth-order valence-electron chi connectivity index (χ4n) is 3.94. The molecule has 152 valence electrons. The molecule has 0 bridgehead atoms. The molecule has 5 nitrogen and oxygen atoms in total. The average Bonchev–Trinajstić information content (AvgIpc) is 3.21. The number of hydrogen-bond acceptors (Lipinski definition) is 5. The van der Waals surface area contributed by atoms with E-state index in [-0.39, 0.29) is 11.8 Å². The third-order valence-electron chi connectivity index (χ3n) is 5.43. The molecule has 1 N–H and O–H groups in total. The Hall–Kier alpha value is -2.89. The summed E-state index contributed by atoms with van der Waals surface area (Å²) in [7, 11) is 1.64. The van der Waals surface area contributed by atoms with Gasteiger partial charge in [0.1, 0.15) is 17.2 Å². The van der Waals surface area contributed by atoms with E-state index in [0.29, 0.717) is 22.0 Å². The van der Waals surface area contributed by atoms with Crippen molar-refractivity contribution in [2.75, 3.05) is 7.11 Å². The number of methoxy groups -OCH3 is 1. The monoisotopic (exact) mass is 440 g/mol. The standard InChI is InChI=1S/C23H18Cl2N2O3/c1-29-16-6-2-13(3-7-16)19-12-20-17-10-15(25)5-9-22(17)30-23(27(20)26-19)18-11-14(24)4-8-21(18)28/h2-11,20,23,28H,12H2,1H3/t20-,23-/m1/s1. The molecule has 0 aromatic heterocycles. The molecule has 0 saturated carbocycles. The maximum absolute atomic E-state index is 10.5. The molecule has 7 heteroatoms. The fraction of sp³-hybridized carbons (Fsp3) is 0.174. The average molecular weight is 441 g/mol. The van der Waals surface area contributed by atoms with Crippen LogP contribution < -0.4 is 9.47 Å². The largest absolute Gasteiger partial charge is 0.507 e. The molecule has 0 saturated heterocycles. The quantitative estimate of drug-likeness (QED) is 0.546. The molecule has 2 aliphatic heterocycles. The van der Waals surface area contributed by atoms with Crippen molar-refractivity contribution in [3.63, 3.8) is 0 Å². The minimum atomic E-state index is -0.613. The highest BCUT2D eigenvalue weighted by Crippen LogP contribution is 2.49. The van der Waals surface area contributed by atoms with Crippen LogP contribution in [0.25, 0.3) is 0 Å². The minimum absolute atomic E-state index is 0.0760. The van der Waals surface area contributed by atoms with Crippen LogP contribution in [0.15, 0.2) is 65.8 Å². The molecule has 0 spiro atoms. The minimum Gasteiger partial charge on any atom is -0.507 e. The van der Waals surface area contributed by atoms with Gasteiger partial charge in [0.25, 0.3) is 0 Å². The smallest absolute Gasteiger partial charge is 0.217 e. The first-order chi connectivity index (χ1) is 14.5. The molecule has 0 amide bonds. The number of phenols is 1. The van der Waals surface area contributed by atoms with Crippen LogP contribution in [0.5, 0.6) is 17.2 Å². The van der Waals surface area contributed by atoms with Crippen molar-refractivity contribution in [1.82, 2.24) is 5.01 Å². The number of hydrogen-bond donors (Lipinski definition) is 1. The van der Waals surface area contributed by atoms with Crippen molar-refractivity contribution in [2.24, 2.45) is 5.10 Å². The van der Waals surface area contributed by atoms with Crippen LogP contribution in [0, 0.1) is 0 Å². The number of rotatable bonds is 3. The Morgan fingerprint density at radius 2 is 1.70 bits per heavy atom. The summed E-state index contributed by atoms with van der Waals surface area (Å²) >= 11 is 12.5. The summed E-state index contributed by atoms with van der Waals surface area (Å²) in [5.74, 6) is 1.61. The van der Waals surface area contributed by atoms with Crippen LogP contribution in [0.3, 0.4) is 0 Å². The van der Waals surface area contributed by atoms with Gasteiger partial charge in [-0.05, 0) is 66.2 Å². The van der Waals surface area contributed by atoms with Gasteiger partial charge in [0.2, 0.25) is 6.23 Å². The molecule has 5 rings (SSSR count). The van der Waals surface area contributed by atoms with Gasteiger partial charge in [-0.25, -0.2) is 5.01 Å². The highest BCUT2D eigenvalue weighted by atomic mass is 35.5. The first-order valence-corrected chi connectivity index (χ1v) is 10.2. The number of phenolic OH excluding ortho intramolecular Hbond substituents is 1. The maximum Gasteiger partial charge on any atom is 0.217 e. The van der Waals surface area contributed by atoms with Crippen molar-refractivity contribution < 1.29 is 14.6 Å². The number of halogens is 2. The number of hydrazone groups is 1. The van der Waals surface area contributed by atoms with E-state index in [0.717, 1.165) is 28.3 Å². The topological polar surface area (TPSA) is 54.3 Å². The summed E-state index contributed by atoms with van der Waals surface area (Å²) in [6.07, 6.45) is 0.0686. The van der Waals surface area contributed by atoms with Gasteiger partial charge in [-0.15, -0.1) is 0 Å². The van der Waals surface area contributed by atoms with Gasteiger partial charge in [0.15, 0.2) is 0 Å². The third kappa shape index (κ3) is 3.24. The van der Waals surface area contributed by atoms with Gasteiger partial charge in [-0.3, -0.25) is 0 Å². The molecule has 0 aliphatic carbocycles. The maximum atomic E-state index is 10.5. The summed E-state index contributed by atoms with van der Waals surface area (Å²) in [5.41, 5.74) is 3.45. The normalized spacial score (nSPS) is 19.6. The molecule has 0 unspecified atom stereocenters. The van der Waals surface area contributed by atoms with E-state index in [1.807, 2.05) is 41.4 Å². The Morgan fingerprint density at radius 3 is 2.43 bits per heavy atom. The Kier molecular flexibility index (Phi) is 4.72. The van der Waals surface area contributed by atoms with Crippen LogP contribution in [0.2, 0.25) is 10.0 Å². The molecule has 30 heavy (non-hydrogen) atoms. The van der Waals surface area contributed by atoms with Crippen molar-refractivity contribution in [3.05, 3.63) is 87.4 Å². The molecule has 3 aromatic carbocycles. The molecule has 2 heterocycles. The number of ether oxygens (including phenoxy) is 2. The van der Waals surface area contributed by atoms with E-state index in [2.05, 4.69) is 0 Å². The lowest BCUT2D eigenvalue weighted by Gasteiger charge is -2.38. The lowest BCUT2D eigenvalue weighted by molar-refractivity contribution is -0.0203. The third-order valence-corrected chi connectivity index (χ3v) is 5.90. The summed E-state index contributed by atoms with van der Waals surface area (Å²) in [6.45, 7) is 0. The Balaban J connectivity index is 1.61. The zero-order valence-corrected chi connectivity index (χ0v) is 17.6. The lowest BCUT2D eigenvalue weighted by atomic mass is 9.95. The predicted octanol–water partition coefficient (Wildman–Crippen LogP) is 5.95. The second kappa shape index (κ2) is 7.42. The van der Waals surface area contributed by atoms with E-state index < -0.39 is 6.23 Å². The van der Waals surface area contributed by atoms with Crippen LogP contribution in [0.1, 0.15) is 35.4 Å². The van der Waals surface area contributed by atoms with E-state index >= 15 is 0 Å². The number of benzene rings is 3. The van der Waals surface area contributed by atoms with E-state index in [1.165, 1.54) is 0 Å². The zero-order valence-electron chi connectivity index (χ0n) is 16.0. The Morgan fingerprint density at radius 1 is 1.00 bits per heavy atom. The van der Waals surface area contributed by atoms with Gasteiger partial charge in [-0.2, -0.15) is 5.10 Å². The van der Waals surface area contributed by atoms with E-state index in [1.54, 1.807) is 31.4 Å². The Bertz CT molecular complexity index is 1150. The number of fused-ring (bicyclic) bond motifs is 3. The second-order valence-corrected chi connectivity index (χ2v) is 8.10. The molecule has 2 aliphatic rings. The summed E-state index contributed by atoms with van der Waals surface area (Å²) in [5, 5.41) is 18.4. The summed E-state index contributed by atoms with van der Waals surface area (Å²) in [6, 6.07) is 18.2. The fourth-order valence-corrected chi connectivity index (χ4v) is 4.31. The highest BCUT2D eigenvalue weighted by molar-refractivity contribution is 6.31. The van der Waals surface area contributed by atoms with Gasteiger partial charge in [-0.1, -0.05) is 23.2 Å². The SMILES string of the molecule is COc1ccc(C2=NN3[C@H](C2)c2cc(Cl)ccc2O[C@@H]3c2cc(Cl)ccc2O)cc1. The summed E-state index contributed by atoms with van der Waals surface area (Å²) in [4.78, 5) is 0. The molecule has 0 fully saturated rings. The first-order valence-electron chi connectivity index (χ1n) is 9.48. The molecule has 0 radical (unpaired) electrons. The van der Waals surface area contributed by atoms with Crippen LogP contribution in [-0.2, 0) is 0 Å². The van der Waals surface area contributed by atoms with Gasteiger partial charge >= 0.3 is 0 Å². The molecular weight excluding hydrogens is 423 g/mol. The molecule has 2 atom stereocenters. The zero-order chi connectivity index (χ0) is 20.8. The van der Waals surface area contributed by atoms with Crippen molar-refractivity contribution in [1.29, 1.82) is 0 Å². The van der Waals surface area contributed by atoms with Crippen molar-refractivity contribution >= 4 is 28.9 Å². The van der Waals surface area contributed by atoms with Gasteiger partial charge in [0, 0.05) is 22.0 Å².